The summed E-state index contributed by atoms with van der Waals surface area (Å²) < 4.78 is 12.8. The first-order chi connectivity index (χ1) is 9.51. The van der Waals surface area contributed by atoms with Crippen molar-refractivity contribution in [1.29, 1.82) is 0 Å². The van der Waals surface area contributed by atoms with Crippen LogP contribution in [0, 0.1) is 5.82 Å². The molecule has 0 saturated carbocycles. The third-order valence-electron chi connectivity index (χ3n) is 2.76. The van der Waals surface area contributed by atoms with Crippen LogP contribution in [-0.2, 0) is 16.0 Å². The van der Waals surface area contributed by atoms with Crippen molar-refractivity contribution < 1.29 is 19.1 Å². The molecule has 0 aliphatic heterocycles. The maximum absolute atomic E-state index is 12.8. The minimum Gasteiger partial charge on any atom is -0.481 e. The Balaban J connectivity index is 2.63. The monoisotopic (exact) mass is 279 g/mol. The fraction of sp³-hybridized carbons (Fsp3) is 0.333. The van der Waals surface area contributed by atoms with Crippen LogP contribution in [0.2, 0.25) is 0 Å². The number of carbonyl (C=O) groups excluding carboxylic acids is 1. The summed E-state index contributed by atoms with van der Waals surface area (Å²) in [5.41, 5.74) is 0.779. The number of nitrogens with one attached hydrogen (secondary N) is 1. The average molecular weight is 279 g/mol. The number of halogens is 1. The molecule has 0 spiro atoms. The fourth-order valence-corrected chi connectivity index (χ4v) is 1.82. The van der Waals surface area contributed by atoms with Crippen LogP contribution < -0.4 is 5.32 Å². The number of carboxylic acids is 1. The molecule has 0 bridgehead atoms. The summed E-state index contributed by atoms with van der Waals surface area (Å²) in [5.74, 6) is -1.54. The maximum Gasteiger partial charge on any atom is 0.305 e. The molecule has 1 rings (SSSR count). The van der Waals surface area contributed by atoms with Crippen LogP contribution >= 0.6 is 0 Å². The molecule has 0 radical (unpaired) electrons. The largest absolute Gasteiger partial charge is 0.481 e. The second-order valence-electron chi connectivity index (χ2n) is 4.52. The van der Waals surface area contributed by atoms with E-state index in [2.05, 4.69) is 11.9 Å². The van der Waals surface area contributed by atoms with E-state index in [1.54, 1.807) is 18.2 Å². The molecule has 0 fully saturated rings. The molecule has 0 aliphatic rings. The first-order valence-electron chi connectivity index (χ1n) is 6.37. The Morgan fingerprint density at radius 3 is 2.55 bits per heavy atom. The molecule has 0 aromatic heterocycles. The van der Waals surface area contributed by atoms with Gasteiger partial charge in [-0.1, -0.05) is 18.2 Å². The second-order valence-corrected chi connectivity index (χ2v) is 4.52. The topological polar surface area (TPSA) is 66.4 Å². The first-order valence-corrected chi connectivity index (χ1v) is 6.37. The molecule has 1 atom stereocenters. The average Bonchev–Trinajstić information content (AvgIpc) is 2.38. The van der Waals surface area contributed by atoms with E-state index < -0.39 is 12.0 Å². The number of hydrogen-bond donors (Lipinski definition) is 2. The third kappa shape index (κ3) is 6.13. The molecule has 4 nitrogen and oxygen atoms in total. The third-order valence-corrected chi connectivity index (χ3v) is 2.76. The molecule has 1 aromatic rings. The Morgan fingerprint density at radius 2 is 2.00 bits per heavy atom. The van der Waals surface area contributed by atoms with Gasteiger partial charge in [0.25, 0.3) is 0 Å². The highest BCUT2D eigenvalue weighted by Gasteiger charge is 2.16. The van der Waals surface area contributed by atoms with Crippen LogP contribution in [0.15, 0.2) is 36.9 Å². The van der Waals surface area contributed by atoms with Gasteiger partial charge in [0.2, 0.25) is 5.91 Å². The van der Waals surface area contributed by atoms with Gasteiger partial charge in [-0.25, -0.2) is 4.39 Å². The van der Waals surface area contributed by atoms with Gasteiger partial charge in [0, 0.05) is 12.5 Å². The van der Waals surface area contributed by atoms with Crippen LogP contribution in [0.3, 0.4) is 0 Å². The zero-order valence-electron chi connectivity index (χ0n) is 11.1. The molecule has 108 valence electrons. The molecule has 1 amide bonds. The summed E-state index contributed by atoms with van der Waals surface area (Å²) >= 11 is 0. The van der Waals surface area contributed by atoms with Crippen molar-refractivity contribution in [1.82, 2.24) is 5.32 Å². The Bertz CT molecular complexity index is 471. The normalized spacial score (nSPS) is 11.7. The Morgan fingerprint density at radius 1 is 1.35 bits per heavy atom. The summed E-state index contributed by atoms with van der Waals surface area (Å²) in [6, 6.07) is 5.29. The van der Waals surface area contributed by atoms with Crippen molar-refractivity contribution >= 4 is 11.9 Å². The standard InChI is InChI=1S/C15H18FNO3/c1-2-3-4-14(18)17-13(10-15(19)20)9-11-5-7-12(16)8-6-11/h2,5-8,13H,1,3-4,9-10H2,(H,17,18)(H,19,20)/t13-/m1/s1. The number of allylic oxidation sites excluding steroid dienone is 1. The number of carbonyl (C=O) groups is 2. The van der Waals surface area contributed by atoms with Crippen LogP contribution in [0.5, 0.6) is 0 Å². The van der Waals surface area contributed by atoms with Crippen LogP contribution in [0.4, 0.5) is 4.39 Å². The van der Waals surface area contributed by atoms with Crippen molar-refractivity contribution in [3.05, 3.63) is 48.3 Å². The Hall–Kier alpha value is -2.17. The lowest BCUT2D eigenvalue weighted by Crippen LogP contribution is -2.37. The molecular weight excluding hydrogens is 261 g/mol. The van der Waals surface area contributed by atoms with Crippen LogP contribution in [-0.4, -0.2) is 23.0 Å². The number of benzene rings is 1. The molecule has 5 heteroatoms. The molecule has 2 N–H and O–H groups in total. The molecule has 0 aliphatic carbocycles. The SMILES string of the molecule is C=CCCC(=O)N[C@@H](CC(=O)O)Cc1ccc(F)cc1. The second kappa shape index (κ2) is 8.09. The summed E-state index contributed by atoms with van der Waals surface area (Å²) in [6.45, 7) is 3.53. The van der Waals surface area contributed by atoms with E-state index in [0.717, 1.165) is 5.56 Å². The molecule has 0 unspecified atom stereocenters. The van der Waals surface area contributed by atoms with E-state index in [4.69, 9.17) is 5.11 Å². The number of rotatable bonds is 8. The van der Waals surface area contributed by atoms with E-state index in [0.29, 0.717) is 12.8 Å². The predicted molar refractivity (Wildman–Crippen MR) is 73.7 cm³/mol. The Labute approximate surface area is 117 Å². The van der Waals surface area contributed by atoms with Gasteiger partial charge in [-0.3, -0.25) is 9.59 Å². The zero-order chi connectivity index (χ0) is 15.0. The van der Waals surface area contributed by atoms with E-state index >= 15 is 0 Å². The van der Waals surface area contributed by atoms with Gasteiger partial charge in [-0.05, 0) is 30.5 Å². The van der Waals surface area contributed by atoms with E-state index in [1.165, 1.54) is 12.1 Å². The summed E-state index contributed by atoms with van der Waals surface area (Å²) in [5, 5.41) is 11.6. The lowest BCUT2D eigenvalue weighted by molar-refractivity contribution is -0.137. The number of hydrogen-bond acceptors (Lipinski definition) is 2. The van der Waals surface area contributed by atoms with E-state index in [-0.39, 0.29) is 24.6 Å². The predicted octanol–water partition coefficient (Wildman–Crippen LogP) is 2.29. The van der Waals surface area contributed by atoms with Crippen LogP contribution in [0.25, 0.3) is 0 Å². The highest BCUT2D eigenvalue weighted by atomic mass is 19.1. The van der Waals surface area contributed by atoms with Crippen LogP contribution in [0.1, 0.15) is 24.8 Å². The number of amides is 1. The van der Waals surface area contributed by atoms with E-state index in [1.807, 2.05) is 0 Å². The van der Waals surface area contributed by atoms with Gasteiger partial charge in [-0.15, -0.1) is 6.58 Å². The number of aliphatic carboxylic acids is 1. The molecular formula is C15H18FNO3. The molecule has 0 heterocycles. The fourth-order valence-electron chi connectivity index (χ4n) is 1.82. The minimum absolute atomic E-state index is 0.169. The van der Waals surface area contributed by atoms with Gasteiger partial charge in [0.1, 0.15) is 5.82 Å². The lowest BCUT2D eigenvalue weighted by atomic mass is 10.0. The highest BCUT2D eigenvalue weighted by molar-refractivity contribution is 5.77. The number of carboxylic acid groups (broad SMARTS) is 1. The highest BCUT2D eigenvalue weighted by Crippen LogP contribution is 2.08. The summed E-state index contributed by atoms with van der Waals surface area (Å²) in [4.78, 5) is 22.4. The smallest absolute Gasteiger partial charge is 0.305 e. The minimum atomic E-state index is -0.985. The zero-order valence-corrected chi connectivity index (χ0v) is 11.1. The summed E-state index contributed by atoms with van der Waals surface area (Å²) in [7, 11) is 0. The van der Waals surface area contributed by atoms with Crippen molar-refractivity contribution in [3.63, 3.8) is 0 Å². The summed E-state index contributed by atoms with van der Waals surface area (Å²) in [6.07, 6.45) is 2.64. The van der Waals surface area contributed by atoms with Crippen molar-refractivity contribution in [2.75, 3.05) is 0 Å². The first kappa shape index (κ1) is 15.9. The molecule has 20 heavy (non-hydrogen) atoms. The maximum atomic E-state index is 12.8. The van der Waals surface area contributed by atoms with Gasteiger partial charge in [-0.2, -0.15) is 0 Å². The Kier molecular flexibility index (Phi) is 6.43. The van der Waals surface area contributed by atoms with Gasteiger partial charge in [0.05, 0.1) is 6.42 Å². The van der Waals surface area contributed by atoms with Gasteiger partial charge >= 0.3 is 5.97 Å². The quantitative estimate of drug-likeness (QED) is 0.717. The van der Waals surface area contributed by atoms with Gasteiger partial charge < -0.3 is 10.4 Å². The van der Waals surface area contributed by atoms with E-state index in [9.17, 15) is 14.0 Å². The van der Waals surface area contributed by atoms with Crippen molar-refractivity contribution in [2.45, 2.75) is 31.7 Å². The van der Waals surface area contributed by atoms with Gasteiger partial charge in [0.15, 0.2) is 0 Å². The lowest BCUT2D eigenvalue weighted by Gasteiger charge is -2.17. The molecule has 1 aromatic carbocycles. The molecule has 0 saturated heterocycles. The van der Waals surface area contributed by atoms with Crippen molar-refractivity contribution in [3.8, 4) is 0 Å². The van der Waals surface area contributed by atoms with Crippen molar-refractivity contribution in [2.24, 2.45) is 0 Å².